The van der Waals surface area contributed by atoms with E-state index in [4.69, 9.17) is 0 Å². The quantitative estimate of drug-likeness (QED) is 0.710. The highest BCUT2D eigenvalue weighted by molar-refractivity contribution is 7.17. The minimum absolute atomic E-state index is 0.0840. The molecule has 2 heterocycles. The van der Waals surface area contributed by atoms with Gasteiger partial charge in [0.05, 0.1) is 18.4 Å². The fourth-order valence-electron chi connectivity index (χ4n) is 1.82. The first-order valence-electron chi connectivity index (χ1n) is 5.41. The molecule has 0 aliphatic rings. The summed E-state index contributed by atoms with van der Waals surface area (Å²) in [5.74, 6) is -0.300. The number of thiophene rings is 1. The molecule has 90 valence electrons. The van der Waals surface area contributed by atoms with Crippen molar-refractivity contribution in [2.24, 2.45) is 0 Å². The van der Waals surface area contributed by atoms with Crippen molar-refractivity contribution in [1.82, 2.24) is 9.55 Å². The summed E-state index contributed by atoms with van der Waals surface area (Å²) in [7, 11) is 0. The third-order valence-corrected chi connectivity index (χ3v) is 3.57. The Kier molecular flexibility index (Phi) is 2.68. The fraction of sp³-hybridized carbons (Fsp3) is 0.0769. The van der Waals surface area contributed by atoms with Crippen LogP contribution in [0.1, 0.15) is 5.56 Å². The van der Waals surface area contributed by atoms with Gasteiger partial charge in [0.15, 0.2) is 0 Å². The first kappa shape index (κ1) is 11.1. The van der Waals surface area contributed by atoms with Crippen molar-refractivity contribution >= 4 is 21.6 Å². The van der Waals surface area contributed by atoms with Crippen LogP contribution in [-0.4, -0.2) is 9.55 Å². The van der Waals surface area contributed by atoms with E-state index < -0.39 is 0 Å². The highest BCUT2D eigenvalue weighted by Gasteiger charge is 2.05. The third kappa shape index (κ3) is 1.93. The zero-order valence-electron chi connectivity index (χ0n) is 9.34. The molecular weight excluding hydrogens is 251 g/mol. The molecule has 5 heteroatoms. The fourth-order valence-corrected chi connectivity index (χ4v) is 2.62. The molecule has 1 aromatic carbocycles. The summed E-state index contributed by atoms with van der Waals surface area (Å²) in [5.41, 5.74) is 1.37. The molecule has 2 aromatic heterocycles. The van der Waals surface area contributed by atoms with Gasteiger partial charge in [0.2, 0.25) is 0 Å². The van der Waals surface area contributed by atoms with Crippen LogP contribution in [0.3, 0.4) is 0 Å². The van der Waals surface area contributed by atoms with Gasteiger partial charge in [-0.25, -0.2) is 9.37 Å². The van der Waals surface area contributed by atoms with Crippen molar-refractivity contribution in [3.05, 3.63) is 63.8 Å². The standard InChI is InChI=1S/C13H9FN2OS/c14-10-3-1-2-9(6-10)7-16-8-15-11-4-5-18-12(11)13(16)17/h1-6,8H,7H2. The second-order valence-corrected chi connectivity index (χ2v) is 4.86. The van der Waals surface area contributed by atoms with E-state index in [0.29, 0.717) is 16.8 Å². The van der Waals surface area contributed by atoms with Crippen LogP contribution in [0.25, 0.3) is 10.2 Å². The predicted molar refractivity (Wildman–Crippen MR) is 69.4 cm³/mol. The average molecular weight is 260 g/mol. The zero-order chi connectivity index (χ0) is 12.5. The zero-order valence-corrected chi connectivity index (χ0v) is 10.2. The molecule has 0 spiro atoms. The Bertz CT molecular complexity index is 763. The Morgan fingerprint density at radius 2 is 2.22 bits per heavy atom. The van der Waals surface area contributed by atoms with Gasteiger partial charge in [0.25, 0.3) is 5.56 Å². The molecule has 3 rings (SSSR count). The lowest BCUT2D eigenvalue weighted by Gasteiger charge is -2.05. The summed E-state index contributed by atoms with van der Waals surface area (Å²) in [5, 5.41) is 1.84. The molecule has 0 saturated heterocycles. The van der Waals surface area contributed by atoms with Gasteiger partial charge < -0.3 is 0 Å². The summed E-state index contributed by atoms with van der Waals surface area (Å²) in [6.45, 7) is 0.331. The predicted octanol–water partition coefficient (Wildman–Crippen LogP) is 2.65. The van der Waals surface area contributed by atoms with E-state index in [1.165, 1.54) is 34.4 Å². The van der Waals surface area contributed by atoms with E-state index in [1.54, 1.807) is 12.1 Å². The van der Waals surface area contributed by atoms with Gasteiger partial charge in [0.1, 0.15) is 10.5 Å². The van der Waals surface area contributed by atoms with Gasteiger partial charge in [0, 0.05) is 0 Å². The van der Waals surface area contributed by atoms with Gasteiger partial charge in [-0.15, -0.1) is 11.3 Å². The van der Waals surface area contributed by atoms with Crippen LogP contribution in [0.5, 0.6) is 0 Å². The average Bonchev–Trinajstić information content (AvgIpc) is 2.82. The molecule has 3 nitrogen and oxygen atoms in total. The molecule has 0 aliphatic heterocycles. The SMILES string of the molecule is O=c1c2sccc2ncn1Cc1cccc(F)c1. The minimum atomic E-state index is -0.300. The molecule has 0 bridgehead atoms. The number of hydrogen-bond acceptors (Lipinski definition) is 3. The van der Waals surface area contributed by atoms with Crippen molar-refractivity contribution in [3.63, 3.8) is 0 Å². The molecule has 0 unspecified atom stereocenters. The van der Waals surface area contributed by atoms with Crippen LogP contribution in [0.15, 0.2) is 46.8 Å². The van der Waals surface area contributed by atoms with E-state index in [0.717, 1.165) is 5.56 Å². The van der Waals surface area contributed by atoms with Crippen LogP contribution in [0.4, 0.5) is 4.39 Å². The van der Waals surface area contributed by atoms with E-state index >= 15 is 0 Å². The molecule has 18 heavy (non-hydrogen) atoms. The molecule has 0 radical (unpaired) electrons. The molecule has 0 amide bonds. The Balaban J connectivity index is 2.05. The topological polar surface area (TPSA) is 34.9 Å². The van der Waals surface area contributed by atoms with E-state index in [2.05, 4.69) is 4.98 Å². The Morgan fingerprint density at radius 1 is 1.33 bits per heavy atom. The third-order valence-electron chi connectivity index (χ3n) is 2.68. The van der Waals surface area contributed by atoms with Gasteiger partial charge in [-0.05, 0) is 29.1 Å². The molecule has 0 saturated carbocycles. The van der Waals surface area contributed by atoms with Crippen molar-refractivity contribution in [1.29, 1.82) is 0 Å². The van der Waals surface area contributed by atoms with E-state index in [1.807, 2.05) is 11.4 Å². The number of halogens is 1. The minimum Gasteiger partial charge on any atom is -0.294 e. The summed E-state index contributed by atoms with van der Waals surface area (Å²) in [6, 6.07) is 8.03. The number of benzene rings is 1. The summed E-state index contributed by atoms with van der Waals surface area (Å²) in [6.07, 6.45) is 1.50. The maximum atomic E-state index is 13.1. The largest absolute Gasteiger partial charge is 0.294 e. The monoisotopic (exact) mass is 260 g/mol. The number of nitrogens with zero attached hydrogens (tertiary/aromatic N) is 2. The molecule has 0 aliphatic carbocycles. The molecule has 0 fully saturated rings. The second-order valence-electron chi connectivity index (χ2n) is 3.94. The Hall–Kier alpha value is -2.01. The maximum Gasteiger partial charge on any atom is 0.271 e. The molecular formula is C13H9FN2OS. The lowest BCUT2D eigenvalue weighted by atomic mass is 10.2. The summed E-state index contributed by atoms with van der Waals surface area (Å²) in [4.78, 5) is 16.3. The van der Waals surface area contributed by atoms with Crippen molar-refractivity contribution in [2.45, 2.75) is 6.54 Å². The van der Waals surface area contributed by atoms with Gasteiger partial charge >= 0.3 is 0 Å². The van der Waals surface area contributed by atoms with Gasteiger partial charge in [-0.2, -0.15) is 0 Å². The lowest BCUT2D eigenvalue weighted by Crippen LogP contribution is -2.20. The maximum absolute atomic E-state index is 13.1. The summed E-state index contributed by atoms with van der Waals surface area (Å²) >= 11 is 1.37. The normalized spacial score (nSPS) is 10.9. The van der Waals surface area contributed by atoms with Crippen LogP contribution in [0.2, 0.25) is 0 Å². The highest BCUT2D eigenvalue weighted by atomic mass is 32.1. The van der Waals surface area contributed by atoms with Crippen molar-refractivity contribution in [2.75, 3.05) is 0 Å². The number of hydrogen-bond donors (Lipinski definition) is 0. The van der Waals surface area contributed by atoms with E-state index in [-0.39, 0.29) is 11.4 Å². The molecule has 0 N–H and O–H groups in total. The summed E-state index contributed by atoms with van der Waals surface area (Å²) < 4.78 is 15.2. The number of aromatic nitrogens is 2. The molecule has 3 aromatic rings. The molecule has 0 atom stereocenters. The van der Waals surface area contributed by atoms with E-state index in [9.17, 15) is 9.18 Å². The van der Waals surface area contributed by atoms with Crippen LogP contribution < -0.4 is 5.56 Å². The number of rotatable bonds is 2. The van der Waals surface area contributed by atoms with Gasteiger partial charge in [-0.1, -0.05) is 12.1 Å². The number of fused-ring (bicyclic) bond motifs is 1. The van der Waals surface area contributed by atoms with Crippen LogP contribution in [-0.2, 0) is 6.54 Å². The first-order valence-corrected chi connectivity index (χ1v) is 6.29. The highest BCUT2D eigenvalue weighted by Crippen LogP contribution is 2.13. The van der Waals surface area contributed by atoms with Crippen LogP contribution in [0, 0.1) is 5.82 Å². The van der Waals surface area contributed by atoms with Gasteiger partial charge in [-0.3, -0.25) is 9.36 Å². The van der Waals surface area contributed by atoms with Crippen molar-refractivity contribution in [3.8, 4) is 0 Å². The van der Waals surface area contributed by atoms with Crippen molar-refractivity contribution < 1.29 is 4.39 Å². The smallest absolute Gasteiger partial charge is 0.271 e. The Labute approximate surface area is 106 Å². The lowest BCUT2D eigenvalue weighted by molar-refractivity contribution is 0.622. The first-order chi connectivity index (χ1) is 8.74. The van der Waals surface area contributed by atoms with Crippen LogP contribution >= 0.6 is 11.3 Å². The second kappa shape index (κ2) is 4.34. The Morgan fingerprint density at radius 3 is 3.06 bits per heavy atom.